The number of aryl methyl sites for hydroxylation is 1. The van der Waals surface area contributed by atoms with Gasteiger partial charge in [-0.3, -0.25) is 4.79 Å². The van der Waals surface area contributed by atoms with Gasteiger partial charge in [0.15, 0.2) is 0 Å². The number of carbonyl (C=O) groups is 1. The number of amides is 1. The SMILES string of the molecule is CC(=O)N1CCCc2cc(S(=O)(=O)NCc3ccccc3C[NH+]3CCCC3)ccc21. The van der Waals surface area contributed by atoms with Crippen LogP contribution in [-0.4, -0.2) is 34.0 Å². The summed E-state index contributed by atoms with van der Waals surface area (Å²) in [5.74, 6) is -0.0126. The van der Waals surface area contributed by atoms with Crippen LogP contribution < -0.4 is 14.5 Å². The van der Waals surface area contributed by atoms with Gasteiger partial charge in [0, 0.05) is 44.1 Å². The van der Waals surface area contributed by atoms with Crippen LogP contribution >= 0.6 is 0 Å². The lowest BCUT2D eigenvalue weighted by Crippen LogP contribution is -3.08. The van der Waals surface area contributed by atoms with Gasteiger partial charge < -0.3 is 9.80 Å². The number of hydrogen-bond donors (Lipinski definition) is 2. The second kappa shape index (κ2) is 8.88. The standard InChI is InChI=1S/C23H29N3O3S/c1-18(27)26-14-6-9-19-15-22(10-11-23(19)26)30(28,29)24-16-20-7-2-3-8-21(20)17-25-12-4-5-13-25/h2-3,7-8,10-11,15,24H,4-6,9,12-14,16-17H2,1H3/p+1. The third kappa shape index (κ3) is 4.58. The van der Waals surface area contributed by atoms with Crippen molar-refractivity contribution in [3.05, 3.63) is 59.2 Å². The zero-order valence-corrected chi connectivity index (χ0v) is 18.3. The summed E-state index contributed by atoms with van der Waals surface area (Å²) in [6.07, 6.45) is 4.16. The highest BCUT2D eigenvalue weighted by Gasteiger charge is 2.23. The molecule has 4 rings (SSSR count). The van der Waals surface area contributed by atoms with Crippen LogP contribution in [0.5, 0.6) is 0 Å². The molecular weight excluding hydrogens is 398 g/mol. The van der Waals surface area contributed by atoms with Gasteiger partial charge in [-0.15, -0.1) is 0 Å². The van der Waals surface area contributed by atoms with Crippen LogP contribution in [0, 0.1) is 0 Å². The number of rotatable bonds is 6. The van der Waals surface area contributed by atoms with Crippen LogP contribution in [0.25, 0.3) is 0 Å². The first-order chi connectivity index (χ1) is 14.4. The maximum atomic E-state index is 13.0. The number of benzene rings is 2. The summed E-state index contributed by atoms with van der Waals surface area (Å²) in [6, 6.07) is 13.2. The van der Waals surface area contributed by atoms with Crippen molar-refractivity contribution in [2.45, 2.75) is 50.6 Å². The fourth-order valence-corrected chi connectivity index (χ4v) is 5.60. The topological polar surface area (TPSA) is 70.9 Å². The summed E-state index contributed by atoms with van der Waals surface area (Å²) in [5.41, 5.74) is 3.98. The van der Waals surface area contributed by atoms with Crippen LogP contribution in [0.3, 0.4) is 0 Å². The Kier molecular flexibility index (Phi) is 6.22. The van der Waals surface area contributed by atoms with Gasteiger partial charge in [-0.25, -0.2) is 13.1 Å². The van der Waals surface area contributed by atoms with Gasteiger partial charge >= 0.3 is 0 Å². The molecule has 0 aromatic heterocycles. The van der Waals surface area contributed by atoms with Crippen molar-refractivity contribution < 1.29 is 18.1 Å². The average molecular weight is 429 g/mol. The third-order valence-corrected chi connectivity index (χ3v) is 7.58. The Morgan fingerprint density at radius 2 is 1.80 bits per heavy atom. The Morgan fingerprint density at radius 1 is 1.07 bits per heavy atom. The molecule has 0 radical (unpaired) electrons. The summed E-state index contributed by atoms with van der Waals surface area (Å²) >= 11 is 0. The number of fused-ring (bicyclic) bond motifs is 1. The molecule has 1 amide bonds. The molecule has 0 saturated carbocycles. The highest BCUT2D eigenvalue weighted by atomic mass is 32.2. The van der Waals surface area contributed by atoms with Crippen molar-refractivity contribution in [2.75, 3.05) is 24.5 Å². The lowest BCUT2D eigenvalue weighted by atomic mass is 10.0. The van der Waals surface area contributed by atoms with Gasteiger partial charge in [0.25, 0.3) is 0 Å². The predicted octanol–water partition coefficient (Wildman–Crippen LogP) is 1.64. The van der Waals surface area contributed by atoms with Crippen molar-refractivity contribution >= 4 is 21.6 Å². The van der Waals surface area contributed by atoms with E-state index in [1.165, 1.54) is 31.5 Å². The predicted molar refractivity (Wildman–Crippen MR) is 117 cm³/mol. The van der Waals surface area contributed by atoms with Crippen LogP contribution in [0.4, 0.5) is 5.69 Å². The van der Waals surface area contributed by atoms with Crippen molar-refractivity contribution in [1.82, 2.24) is 4.72 Å². The molecule has 0 bridgehead atoms. The minimum absolute atomic E-state index is 0.0126. The number of sulfonamides is 1. The maximum absolute atomic E-state index is 13.0. The minimum Gasteiger partial charge on any atom is -0.331 e. The molecule has 0 atom stereocenters. The molecule has 0 aliphatic carbocycles. The number of carbonyl (C=O) groups excluding carboxylic acids is 1. The van der Waals surface area contributed by atoms with E-state index in [0.29, 0.717) is 6.54 Å². The van der Waals surface area contributed by atoms with Gasteiger partial charge in [-0.1, -0.05) is 24.3 Å². The Hall–Kier alpha value is -2.22. The fraction of sp³-hybridized carbons (Fsp3) is 0.435. The molecule has 2 aliphatic heterocycles. The number of quaternary nitrogens is 1. The van der Waals surface area contributed by atoms with E-state index in [4.69, 9.17) is 0 Å². The second-order valence-corrected chi connectivity index (χ2v) is 10.1. The Labute approximate surface area is 178 Å². The van der Waals surface area contributed by atoms with Crippen molar-refractivity contribution in [3.8, 4) is 0 Å². The molecule has 1 saturated heterocycles. The van der Waals surface area contributed by atoms with Gasteiger partial charge in [0.05, 0.1) is 18.0 Å². The smallest absolute Gasteiger partial charge is 0.240 e. The maximum Gasteiger partial charge on any atom is 0.240 e. The highest BCUT2D eigenvalue weighted by molar-refractivity contribution is 7.89. The zero-order valence-electron chi connectivity index (χ0n) is 17.5. The number of nitrogens with zero attached hydrogens (tertiary/aromatic N) is 1. The molecule has 0 unspecified atom stereocenters. The molecule has 0 spiro atoms. The first kappa shape index (κ1) is 21.0. The fourth-order valence-electron chi connectivity index (χ4n) is 4.55. The summed E-state index contributed by atoms with van der Waals surface area (Å²) in [7, 11) is -3.63. The molecule has 30 heavy (non-hydrogen) atoms. The van der Waals surface area contributed by atoms with E-state index >= 15 is 0 Å². The van der Waals surface area contributed by atoms with Crippen LogP contribution in [0.15, 0.2) is 47.4 Å². The Morgan fingerprint density at radius 3 is 2.53 bits per heavy atom. The minimum atomic E-state index is -3.63. The highest BCUT2D eigenvalue weighted by Crippen LogP contribution is 2.29. The quantitative estimate of drug-likeness (QED) is 0.735. The summed E-state index contributed by atoms with van der Waals surface area (Å²) in [6.45, 7) is 5.82. The average Bonchev–Trinajstić information content (AvgIpc) is 3.25. The van der Waals surface area contributed by atoms with Crippen LogP contribution in [0.2, 0.25) is 0 Å². The lowest BCUT2D eigenvalue weighted by molar-refractivity contribution is -0.901. The first-order valence-corrected chi connectivity index (χ1v) is 12.2. The number of nitrogens with one attached hydrogen (secondary N) is 2. The number of anilines is 1. The molecule has 2 aliphatic rings. The van der Waals surface area contributed by atoms with E-state index in [2.05, 4.69) is 10.8 Å². The lowest BCUT2D eigenvalue weighted by Gasteiger charge is -2.28. The summed E-state index contributed by atoms with van der Waals surface area (Å²) in [5, 5.41) is 0. The monoisotopic (exact) mass is 428 g/mol. The zero-order chi connectivity index (χ0) is 21.1. The molecule has 2 N–H and O–H groups in total. The molecule has 2 heterocycles. The first-order valence-electron chi connectivity index (χ1n) is 10.7. The van der Waals surface area contributed by atoms with E-state index < -0.39 is 10.0 Å². The van der Waals surface area contributed by atoms with Crippen LogP contribution in [-0.2, 0) is 34.3 Å². The van der Waals surface area contributed by atoms with Gasteiger partial charge in [-0.2, -0.15) is 0 Å². The molecule has 2 aromatic rings. The van der Waals surface area contributed by atoms with E-state index in [1.807, 2.05) is 18.2 Å². The molecular formula is C23H30N3O3S+. The second-order valence-electron chi connectivity index (χ2n) is 8.29. The van der Waals surface area contributed by atoms with Crippen molar-refractivity contribution in [2.24, 2.45) is 0 Å². The molecule has 1 fully saturated rings. The number of hydrogen-bond acceptors (Lipinski definition) is 3. The Bertz CT molecular complexity index is 1030. The van der Waals surface area contributed by atoms with E-state index in [1.54, 1.807) is 34.9 Å². The van der Waals surface area contributed by atoms with Gasteiger partial charge in [-0.05, 0) is 42.2 Å². The van der Waals surface area contributed by atoms with Gasteiger partial charge in [0.1, 0.15) is 6.54 Å². The third-order valence-electron chi connectivity index (χ3n) is 6.18. The van der Waals surface area contributed by atoms with E-state index in [-0.39, 0.29) is 17.3 Å². The van der Waals surface area contributed by atoms with Crippen molar-refractivity contribution in [1.29, 1.82) is 0 Å². The Balaban J connectivity index is 1.50. The largest absolute Gasteiger partial charge is 0.331 e. The summed E-state index contributed by atoms with van der Waals surface area (Å²) in [4.78, 5) is 15.4. The molecule has 160 valence electrons. The van der Waals surface area contributed by atoms with E-state index in [0.717, 1.165) is 36.2 Å². The number of likely N-dealkylation sites (tertiary alicyclic amines) is 1. The molecule has 7 heteroatoms. The van der Waals surface area contributed by atoms with Crippen molar-refractivity contribution in [3.63, 3.8) is 0 Å². The van der Waals surface area contributed by atoms with Crippen LogP contribution in [0.1, 0.15) is 42.9 Å². The molecule has 2 aromatic carbocycles. The van der Waals surface area contributed by atoms with E-state index in [9.17, 15) is 13.2 Å². The van der Waals surface area contributed by atoms with Gasteiger partial charge in [0.2, 0.25) is 15.9 Å². The normalized spacial score (nSPS) is 17.2. The summed E-state index contributed by atoms with van der Waals surface area (Å²) < 4.78 is 28.7. The molecule has 6 nitrogen and oxygen atoms in total.